The summed E-state index contributed by atoms with van der Waals surface area (Å²) in [7, 11) is 1.30. The Balaban J connectivity index is 1.64. The number of thiophene rings is 1. The molecule has 4 rings (SSSR count). The normalized spacial score (nSPS) is 12.9. The standard InChI is InChI=1S/C22H23N3O7S/c1-4-31-22(29)15-11(2)32-18-17(15)20(27)25(10-23-18)9-14(26)24-19-16(21(28)30-3)12-7-5-6-8-13(12)33-19/h10H,4-9H2,1-3H3,(H,24,26). The Morgan fingerprint density at radius 3 is 2.70 bits per heavy atom. The minimum atomic E-state index is -0.693. The molecule has 0 atom stereocenters. The molecule has 3 heterocycles. The lowest BCUT2D eigenvalue weighted by molar-refractivity contribution is -0.116. The molecule has 0 fully saturated rings. The second-order valence-electron chi connectivity index (χ2n) is 7.57. The summed E-state index contributed by atoms with van der Waals surface area (Å²) >= 11 is 1.35. The van der Waals surface area contributed by atoms with E-state index in [4.69, 9.17) is 13.9 Å². The molecule has 11 heteroatoms. The van der Waals surface area contributed by atoms with Crippen molar-refractivity contribution in [3.05, 3.63) is 44.0 Å². The highest BCUT2D eigenvalue weighted by atomic mass is 32.1. The fourth-order valence-corrected chi connectivity index (χ4v) is 5.29. The average Bonchev–Trinajstić information content (AvgIpc) is 3.32. The largest absolute Gasteiger partial charge is 0.465 e. The fourth-order valence-electron chi connectivity index (χ4n) is 3.99. The number of rotatable bonds is 6. The van der Waals surface area contributed by atoms with Crippen molar-refractivity contribution in [2.24, 2.45) is 0 Å². The van der Waals surface area contributed by atoms with E-state index in [9.17, 15) is 19.2 Å². The molecule has 1 N–H and O–H groups in total. The van der Waals surface area contributed by atoms with E-state index >= 15 is 0 Å². The lowest BCUT2D eigenvalue weighted by atomic mass is 9.95. The van der Waals surface area contributed by atoms with Gasteiger partial charge in [-0.15, -0.1) is 11.3 Å². The third-order valence-electron chi connectivity index (χ3n) is 5.46. The number of methoxy groups -OCH3 is 1. The number of anilines is 1. The number of nitrogens with zero attached hydrogens (tertiary/aromatic N) is 2. The number of hydrogen-bond acceptors (Lipinski definition) is 9. The van der Waals surface area contributed by atoms with Crippen molar-refractivity contribution >= 4 is 45.3 Å². The maximum absolute atomic E-state index is 13.0. The first-order valence-corrected chi connectivity index (χ1v) is 11.4. The molecule has 1 aliphatic rings. The van der Waals surface area contributed by atoms with Crippen molar-refractivity contribution in [3.8, 4) is 0 Å². The number of furan rings is 1. The predicted octanol–water partition coefficient (Wildman–Crippen LogP) is 2.84. The van der Waals surface area contributed by atoms with Gasteiger partial charge in [0.25, 0.3) is 5.56 Å². The van der Waals surface area contributed by atoms with E-state index in [1.807, 2.05) is 0 Å². The maximum Gasteiger partial charge on any atom is 0.342 e. The fraction of sp³-hybridized carbons (Fsp3) is 0.409. The zero-order chi connectivity index (χ0) is 23.7. The van der Waals surface area contributed by atoms with Gasteiger partial charge in [-0.25, -0.2) is 14.6 Å². The Hall–Kier alpha value is -3.47. The Morgan fingerprint density at radius 1 is 1.21 bits per heavy atom. The molecule has 3 aromatic heterocycles. The number of amides is 1. The van der Waals surface area contributed by atoms with Crippen LogP contribution in [0, 0.1) is 6.92 Å². The van der Waals surface area contributed by atoms with E-state index < -0.39 is 23.4 Å². The van der Waals surface area contributed by atoms with Crippen LogP contribution >= 0.6 is 11.3 Å². The van der Waals surface area contributed by atoms with Gasteiger partial charge in [0.2, 0.25) is 11.6 Å². The van der Waals surface area contributed by atoms with Gasteiger partial charge in [-0.1, -0.05) is 0 Å². The van der Waals surface area contributed by atoms with Crippen LogP contribution in [-0.4, -0.2) is 41.1 Å². The number of esters is 2. The van der Waals surface area contributed by atoms with Crippen molar-refractivity contribution in [2.45, 2.75) is 46.1 Å². The van der Waals surface area contributed by atoms with Crippen molar-refractivity contribution in [3.63, 3.8) is 0 Å². The minimum absolute atomic E-state index is 0.00184. The van der Waals surface area contributed by atoms with Gasteiger partial charge < -0.3 is 19.2 Å². The summed E-state index contributed by atoms with van der Waals surface area (Å²) in [5.41, 5.74) is 0.686. The predicted molar refractivity (Wildman–Crippen MR) is 120 cm³/mol. The molecule has 174 valence electrons. The van der Waals surface area contributed by atoms with Gasteiger partial charge in [0.1, 0.15) is 34.6 Å². The highest BCUT2D eigenvalue weighted by molar-refractivity contribution is 7.17. The summed E-state index contributed by atoms with van der Waals surface area (Å²) < 4.78 is 16.5. The zero-order valence-electron chi connectivity index (χ0n) is 18.5. The molecule has 0 aliphatic heterocycles. The van der Waals surface area contributed by atoms with Gasteiger partial charge in [0.05, 0.1) is 19.3 Å². The number of carbonyl (C=O) groups is 3. The van der Waals surface area contributed by atoms with E-state index in [2.05, 4.69) is 10.3 Å². The first-order chi connectivity index (χ1) is 15.8. The second kappa shape index (κ2) is 9.18. The SMILES string of the molecule is CCOC(=O)c1c(C)oc2ncn(CC(=O)Nc3sc4c(c3C(=O)OC)CCCC4)c(=O)c12. The van der Waals surface area contributed by atoms with Crippen LogP contribution in [0.4, 0.5) is 5.00 Å². The summed E-state index contributed by atoms with van der Waals surface area (Å²) in [4.78, 5) is 55.7. The van der Waals surface area contributed by atoms with E-state index in [-0.39, 0.29) is 35.6 Å². The van der Waals surface area contributed by atoms with Crippen LogP contribution in [-0.2, 0) is 33.7 Å². The van der Waals surface area contributed by atoms with Crippen LogP contribution in [0.5, 0.6) is 0 Å². The van der Waals surface area contributed by atoms with Gasteiger partial charge in [0, 0.05) is 4.88 Å². The lowest BCUT2D eigenvalue weighted by Gasteiger charge is -2.12. The number of hydrogen-bond donors (Lipinski definition) is 1. The molecular formula is C22H23N3O7S. The molecular weight excluding hydrogens is 450 g/mol. The van der Waals surface area contributed by atoms with Gasteiger partial charge in [-0.2, -0.15) is 0 Å². The Labute approximate surface area is 192 Å². The number of ether oxygens (including phenoxy) is 2. The van der Waals surface area contributed by atoms with Crippen LogP contribution in [0.1, 0.15) is 56.7 Å². The molecule has 3 aromatic rings. The van der Waals surface area contributed by atoms with E-state index in [0.717, 1.165) is 40.7 Å². The summed E-state index contributed by atoms with van der Waals surface area (Å²) in [5.74, 6) is -1.50. The topological polar surface area (TPSA) is 130 Å². The highest BCUT2D eigenvalue weighted by Gasteiger charge is 2.28. The molecule has 0 unspecified atom stereocenters. The number of aromatic nitrogens is 2. The van der Waals surface area contributed by atoms with E-state index in [0.29, 0.717) is 10.6 Å². The van der Waals surface area contributed by atoms with Crippen LogP contribution < -0.4 is 10.9 Å². The molecule has 0 bridgehead atoms. The van der Waals surface area contributed by atoms with Crippen LogP contribution in [0.15, 0.2) is 15.5 Å². The molecule has 10 nitrogen and oxygen atoms in total. The summed E-state index contributed by atoms with van der Waals surface area (Å²) in [6.45, 7) is 2.96. The molecule has 0 spiro atoms. The lowest BCUT2D eigenvalue weighted by Crippen LogP contribution is -2.28. The molecule has 0 radical (unpaired) electrons. The van der Waals surface area contributed by atoms with Gasteiger partial charge in [-0.3, -0.25) is 14.2 Å². The van der Waals surface area contributed by atoms with Gasteiger partial charge in [0.15, 0.2) is 0 Å². The van der Waals surface area contributed by atoms with Crippen LogP contribution in [0.25, 0.3) is 11.1 Å². The quantitative estimate of drug-likeness (QED) is 0.541. The number of aryl methyl sites for hydroxylation is 2. The van der Waals surface area contributed by atoms with Crippen molar-refractivity contribution in [1.29, 1.82) is 0 Å². The Morgan fingerprint density at radius 2 is 1.97 bits per heavy atom. The Kier molecular flexibility index (Phi) is 6.32. The number of nitrogens with one attached hydrogen (secondary N) is 1. The molecule has 33 heavy (non-hydrogen) atoms. The average molecular weight is 474 g/mol. The first-order valence-electron chi connectivity index (χ1n) is 10.5. The monoisotopic (exact) mass is 473 g/mol. The van der Waals surface area contributed by atoms with Crippen molar-refractivity contribution in [2.75, 3.05) is 19.0 Å². The minimum Gasteiger partial charge on any atom is -0.465 e. The third kappa shape index (κ3) is 4.15. The zero-order valence-corrected chi connectivity index (χ0v) is 19.3. The van der Waals surface area contributed by atoms with Gasteiger partial charge in [-0.05, 0) is 45.1 Å². The third-order valence-corrected chi connectivity index (χ3v) is 6.67. The smallest absolute Gasteiger partial charge is 0.342 e. The molecule has 0 aromatic carbocycles. The number of carbonyl (C=O) groups excluding carboxylic acids is 3. The highest BCUT2D eigenvalue weighted by Crippen LogP contribution is 2.38. The molecule has 1 amide bonds. The van der Waals surface area contributed by atoms with Gasteiger partial charge >= 0.3 is 11.9 Å². The molecule has 1 aliphatic carbocycles. The molecule has 0 saturated heterocycles. The number of fused-ring (bicyclic) bond motifs is 2. The Bertz CT molecular complexity index is 1320. The van der Waals surface area contributed by atoms with Crippen molar-refractivity contribution in [1.82, 2.24) is 9.55 Å². The molecule has 0 saturated carbocycles. The summed E-state index contributed by atoms with van der Waals surface area (Å²) in [6, 6.07) is 0. The summed E-state index contributed by atoms with van der Waals surface area (Å²) in [6.07, 6.45) is 4.77. The van der Waals surface area contributed by atoms with Crippen LogP contribution in [0.2, 0.25) is 0 Å². The van der Waals surface area contributed by atoms with Crippen LogP contribution in [0.3, 0.4) is 0 Å². The van der Waals surface area contributed by atoms with Crippen molar-refractivity contribution < 1.29 is 28.3 Å². The first kappa shape index (κ1) is 22.7. The van der Waals surface area contributed by atoms with E-state index in [1.165, 1.54) is 31.7 Å². The maximum atomic E-state index is 13.0. The second-order valence-corrected chi connectivity index (χ2v) is 8.67. The van der Waals surface area contributed by atoms with E-state index in [1.54, 1.807) is 6.92 Å². The summed E-state index contributed by atoms with van der Waals surface area (Å²) in [5, 5.41) is 3.12.